The van der Waals surface area contributed by atoms with Crippen molar-refractivity contribution in [2.75, 3.05) is 13.2 Å². The molecule has 0 radical (unpaired) electrons. The first-order valence-corrected chi connectivity index (χ1v) is 8.39. The number of nitrogens with one attached hydrogen (secondary N) is 2. The molecular weight excluding hydrogens is 304 g/mol. The number of aromatic nitrogens is 2. The van der Waals surface area contributed by atoms with E-state index in [1.807, 2.05) is 48.9 Å². The molecule has 6 heteroatoms. The summed E-state index contributed by atoms with van der Waals surface area (Å²) in [6, 6.07) is 9.83. The summed E-state index contributed by atoms with van der Waals surface area (Å²) in [7, 11) is 0. The highest BCUT2D eigenvalue weighted by Crippen LogP contribution is 2.17. The van der Waals surface area contributed by atoms with Gasteiger partial charge in [0.2, 0.25) is 0 Å². The van der Waals surface area contributed by atoms with Crippen LogP contribution in [0.3, 0.4) is 0 Å². The van der Waals surface area contributed by atoms with Gasteiger partial charge in [-0.25, -0.2) is 9.48 Å². The summed E-state index contributed by atoms with van der Waals surface area (Å²) in [5, 5.41) is 10.4. The Labute approximate surface area is 142 Å². The molecule has 3 rings (SSSR count). The van der Waals surface area contributed by atoms with Crippen LogP contribution in [0.2, 0.25) is 0 Å². The summed E-state index contributed by atoms with van der Waals surface area (Å²) >= 11 is 0. The Balaban J connectivity index is 1.59. The van der Waals surface area contributed by atoms with Crippen LogP contribution in [0, 0.1) is 13.8 Å². The molecule has 0 bridgehead atoms. The van der Waals surface area contributed by atoms with Gasteiger partial charge in [0.1, 0.15) is 0 Å². The van der Waals surface area contributed by atoms with Gasteiger partial charge in [0.25, 0.3) is 0 Å². The topological polar surface area (TPSA) is 68.2 Å². The number of hydrogen-bond donors (Lipinski definition) is 2. The average Bonchev–Trinajstić information content (AvgIpc) is 3.21. The van der Waals surface area contributed by atoms with Crippen molar-refractivity contribution < 1.29 is 9.53 Å². The molecule has 0 unspecified atom stereocenters. The van der Waals surface area contributed by atoms with Gasteiger partial charge in [0.05, 0.1) is 17.5 Å². The first-order chi connectivity index (χ1) is 11.6. The fraction of sp³-hybridized carbons (Fsp3) is 0.444. The Hall–Kier alpha value is -2.34. The molecule has 24 heavy (non-hydrogen) atoms. The second-order valence-corrected chi connectivity index (χ2v) is 6.10. The van der Waals surface area contributed by atoms with E-state index in [0.717, 1.165) is 42.1 Å². The molecule has 0 saturated carbocycles. The van der Waals surface area contributed by atoms with Crippen molar-refractivity contribution in [2.24, 2.45) is 0 Å². The Morgan fingerprint density at radius 2 is 2.08 bits per heavy atom. The highest BCUT2D eigenvalue weighted by Gasteiger charge is 2.17. The summed E-state index contributed by atoms with van der Waals surface area (Å²) in [5.41, 5.74) is 4.03. The highest BCUT2D eigenvalue weighted by atomic mass is 16.5. The number of hydrogen-bond acceptors (Lipinski definition) is 3. The number of aryl methyl sites for hydroxylation is 1. The number of carbonyl (C=O) groups excluding carboxylic acids is 1. The second-order valence-electron chi connectivity index (χ2n) is 6.10. The van der Waals surface area contributed by atoms with Crippen molar-refractivity contribution in [3.63, 3.8) is 0 Å². The number of ether oxygens (including phenoxy) is 1. The van der Waals surface area contributed by atoms with Crippen LogP contribution < -0.4 is 10.6 Å². The zero-order valence-corrected chi connectivity index (χ0v) is 14.2. The van der Waals surface area contributed by atoms with E-state index in [-0.39, 0.29) is 12.1 Å². The molecule has 1 aromatic carbocycles. The normalized spacial score (nSPS) is 17.0. The highest BCUT2D eigenvalue weighted by molar-refractivity contribution is 5.73. The molecule has 2 heterocycles. The first-order valence-electron chi connectivity index (χ1n) is 8.39. The number of benzene rings is 1. The summed E-state index contributed by atoms with van der Waals surface area (Å²) in [6.45, 7) is 5.81. The van der Waals surface area contributed by atoms with E-state index in [9.17, 15) is 4.79 Å². The Bertz CT molecular complexity index is 691. The van der Waals surface area contributed by atoms with Crippen LogP contribution in [0.1, 0.15) is 29.8 Å². The van der Waals surface area contributed by atoms with Crippen molar-refractivity contribution in [2.45, 2.75) is 39.3 Å². The second kappa shape index (κ2) is 7.49. The van der Waals surface area contributed by atoms with Crippen molar-refractivity contribution >= 4 is 6.03 Å². The van der Waals surface area contributed by atoms with Gasteiger partial charge < -0.3 is 15.4 Å². The van der Waals surface area contributed by atoms with Crippen molar-refractivity contribution in [1.82, 2.24) is 20.4 Å². The van der Waals surface area contributed by atoms with E-state index in [0.29, 0.717) is 13.1 Å². The number of nitrogens with zero attached hydrogens (tertiary/aromatic N) is 2. The maximum Gasteiger partial charge on any atom is 0.315 e. The number of amides is 2. The summed E-state index contributed by atoms with van der Waals surface area (Å²) < 4.78 is 7.41. The van der Waals surface area contributed by atoms with Gasteiger partial charge in [0.15, 0.2) is 0 Å². The Morgan fingerprint density at radius 3 is 2.79 bits per heavy atom. The molecule has 2 N–H and O–H groups in total. The monoisotopic (exact) mass is 328 g/mol. The van der Waals surface area contributed by atoms with Gasteiger partial charge in [-0.1, -0.05) is 18.2 Å². The average molecular weight is 328 g/mol. The lowest BCUT2D eigenvalue weighted by atomic mass is 10.2. The predicted octanol–water partition coefficient (Wildman–Crippen LogP) is 2.47. The maximum absolute atomic E-state index is 12.0. The lowest BCUT2D eigenvalue weighted by Gasteiger charge is -2.12. The van der Waals surface area contributed by atoms with E-state index in [1.165, 1.54) is 0 Å². The van der Waals surface area contributed by atoms with Crippen LogP contribution in [0.15, 0.2) is 30.3 Å². The van der Waals surface area contributed by atoms with Crippen LogP contribution in [-0.2, 0) is 11.3 Å². The minimum absolute atomic E-state index is 0.153. The largest absolute Gasteiger partial charge is 0.376 e. The van der Waals surface area contributed by atoms with Gasteiger partial charge in [-0.05, 0) is 38.8 Å². The SMILES string of the molecule is Cc1nn(-c2ccccc2)c(C)c1CNC(=O)NC[C@H]1CCCO1. The predicted molar refractivity (Wildman–Crippen MR) is 92.3 cm³/mol. The third kappa shape index (κ3) is 3.76. The minimum Gasteiger partial charge on any atom is -0.376 e. The van der Waals surface area contributed by atoms with E-state index in [4.69, 9.17) is 4.74 Å². The number of rotatable bonds is 5. The molecule has 2 aromatic rings. The lowest BCUT2D eigenvalue weighted by Crippen LogP contribution is -2.39. The molecule has 1 atom stereocenters. The third-order valence-corrected chi connectivity index (χ3v) is 4.38. The van der Waals surface area contributed by atoms with Crippen LogP contribution in [0.5, 0.6) is 0 Å². The van der Waals surface area contributed by atoms with E-state index in [1.54, 1.807) is 0 Å². The number of carbonyl (C=O) groups is 1. The molecule has 2 amide bonds. The third-order valence-electron chi connectivity index (χ3n) is 4.38. The molecule has 0 aliphatic carbocycles. The smallest absolute Gasteiger partial charge is 0.315 e. The Kier molecular flexibility index (Phi) is 5.15. The molecule has 6 nitrogen and oxygen atoms in total. The summed E-state index contributed by atoms with van der Waals surface area (Å²) in [4.78, 5) is 12.0. The van der Waals surface area contributed by atoms with E-state index < -0.39 is 0 Å². The maximum atomic E-state index is 12.0. The van der Waals surface area contributed by atoms with E-state index in [2.05, 4.69) is 15.7 Å². The molecule has 1 aliphatic heterocycles. The molecule has 1 aromatic heterocycles. The minimum atomic E-state index is -0.170. The van der Waals surface area contributed by atoms with Gasteiger partial charge in [-0.3, -0.25) is 0 Å². The van der Waals surface area contributed by atoms with Crippen LogP contribution >= 0.6 is 0 Å². The van der Waals surface area contributed by atoms with Crippen LogP contribution in [0.4, 0.5) is 4.79 Å². The van der Waals surface area contributed by atoms with Crippen LogP contribution in [-0.4, -0.2) is 35.1 Å². The fourth-order valence-electron chi connectivity index (χ4n) is 2.99. The summed E-state index contributed by atoms with van der Waals surface area (Å²) in [6.07, 6.45) is 2.24. The van der Waals surface area contributed by atoms with Gasteiger partial charge >= 0.3 is 6.03 Å². The van der Waals surface area contributed by atoms with Crippen LogP contribution in [0.25, 0.3) is 5.69 Å². The van der Waals surface area contributed by atoms with Gasteiger partial charge in [-0.15, -0.1) is 0 Å². The summed E-state index contributed by atoms with van der Waals surface area (Å²) in [5.74, 6) is 0. The lowest BCUT2D eigenvalue weighted by molar-refractivity contribution is 0.111. The quantitative estimate of drug-likeness (QED) is 0.886. The standard InChI is InChI=1S/C18H24N4O2/c1-13-17(12-20-18(23)19-11-16-9-6-10-24-16)14(2)22(21-13)15-7-4-3-5-8-15/h3-5,7-8,16H,6,9-12H2,1-2H3,(H2,19,20,23)/t16-/m1/s1. The number of para-hydroxylation sites is 1. The van der Waals surface area contributed by atoms with Gasteiger partial charge in [0, 0.05) is 31.0 Å². The van der Waals surface area contributed by atoms with Crippen molar-refractivity contribution in [3.8, 4) is 5.69 Å². The molecule has 1 aliphatic rings. The molecule has 1 fully saturated rings. The zero-order valence-electron chi connectivity index (χ0n) is 14.2. The molecular formula is C18H24N4O2. The first kappa shape index (κ1) is 16.5. The van der Waals surface area contributed by atoms with E-state index >= 15 is 0 Å². The molecule has 128 valence electrons. The molecule has 0 spiro atoms. The van der Waals surface area contributed by atoms with Crippen molar-refractivity contribution in [3.05, 3.63) is 47.3 Å². The zero-order chi connectivity index (χ0) is 16.9. The Morgan fingerprint density at radius 1 is 1.29 bits per heavy atom. The number of urea groups is 1. The van der Waals surface area contributed by atoms with Crippen molar-refractivity contribution in [1.29, 1.82) is 0 Å². The fourth-order valence-corrected chi connectivity index (χ4v) is 2.99. The molecule has 1 saturated heterocycles. The van der Waals surface area contributed by atoms with Gasteiger partial charge in [-0.2, -0.15) is 5.10 Å².